The normalized spacial score (nSPS) is 11.1. The van der Waals surface area contributed by atoms with Crippen molar-refractivity contribution in [2.45, 2.75) is 46.7 Å². The van der Waals surface area contributed by atoms with Crippen LogP contribution in [0.15, 0.2) is 35.1 Å². The molecule has 0 radical (unpaired) electrons. The fourth-order valence-electron chi connectivity index (χ4n) is 2.38. The number of aryl methyl sites for hydroxylation is 1. The minimum atomic E-state index is -0.00833. The number of hydrogen-bond acceptors (Lipinski definition) is 3. The Morgan fingerprint density at radius 2 is 1.86 bits per heavy atom. The van der Waals surface area contributed by atoms with Crippen molar-refractivity contribution in [3.8, 4) is 11.3 Å². The van der Waals surface area contributed by atoms with E-state index in [2.05, 4.69) is 48.5 Å². The summed E-state index contributed by atoms with van der Waals surface area (Å²) in [4.78, 5) is 12.3. The van der Waals surface area contributed by atoms with Crippen LogP contribution in [-0.4, -0.2) is 16.3 Å². The molecule has 1 heterocycles. The molecule has 2 aromatic rings. The van der Waals surface area contributed by atoms with Crippen molar-refractivity contribution >= 4 is 0 Å². The van der Waals surface area contributed by atoms with Gasteiger partial charge in [-0.25, -0.2) is 4.68 Å². The highest BCUT2D eigenvalue weighted by atomic mass is 16.1. The first-order valence-electron chi connectivity index (χ1n) is 7.98. The zero-order valence-corrected chi connectivity index (χ0v) is 13.9. The van der Waals surface area contributed by atoms with Gasteiger partial charge in [0.05, 0.1) is 5.69 Å². The van der Waals surface area contributed by atoms with E-state index in [9.17, 15) is 4.79 Å². The van der Waals surface area contributed by atoms with Gasteiger partial charge in [0.15, 0.2) is 0 Å². The van der Waals surface area contributed by atoms with Crippen LogP contribution in [-0.2, 0) is 13.1 Å². The zero-order chi connectivity index (χ0) is 16.1. The first-order valence-corrected chi connectivity index (χ1v) is 7.98. The average Bonchev–Trinajstić information content (AvgIpc) is 2.54. The molecule has 0 spiro atoms. The molecular formula is C18H25N3O. The molecule has 0 aliphatic heterocycles. The predicted molar refractivity (Wildman–Crippen MR) is 91.1 cm³/mol. The molecular weight excluding hydrogens is 274 g/mol. The van der Waals surface area contributed by atoms with Crippen molar-refractivity contribution in [3.05, 3.63) is 51.8 Å². The highest BCUT2D eigenvalue weighted by molar-refractivity contribution is 5.59. The first kappa shape index (κ1) is 16.4. The lowest BCUT2D eigenvalue weighted by Gasteiger charge is -2.11. The van der Waals surface area contributed by atoms with Crippen molar-refractivity contribution in [2.24, 2.45) is 0 Å². The highest BCUT2D eigenvalue weighted by Crippen LogP contribution is 2.21. The van der Waals surface area contributed by atoms with Crippen molar-refractivity contribution < 1.29 is 0 Å². The van der Waals surface area contributed by atoms with Gasteiger partial charge in [0.25, 0.3) is 5.56 Å². The van der Waals surface area contributed by atoms with Crippen molar-refractivity contribution in [3.63, 3.8) is 0 Å². The summed E-state index contributed by atoms with van der Waals surface area (Å²) in [6, 6.07) is 10.3. The highest BCUT2D eigenvalue weighted by Gasteiger charge is 2.09. The number of nitrogens with zero attached hydrogens (tertiary/aromatic N) is 2. The third kappa shape index (κ3) is 3.63. The van der Waals surface area contributed by atoms with E-state index < -0.39 is 0 Å². The molecule has 22 heavy (non-hydrogen) atoms. The molecule has 118 valence electrons. The van der Waals surface area contributed by atoms with Crippen LogP contribution in [0.2, 0.25) is 0 Å². The van der Waals surface area contributed by atoms with Gasteiger partial charge in [0, 0.05) is 24.2 Å². The van der Waals surface area contributed by atoms with E-state index in [0.29, 0.717) is 19.0 Å². The molecule has 0 fully saturated rings. The van der Waals surface area contributed by atoms with Gasteiger partial charge >= 0.3 is 0 Å². The lowest BCUT2D eigenvalue weighted by molar-refractivity contribution is 0.600. The van der Waals surface area contributed by atoms with E-state index in [1.54, 1.807) is 4.68 Å². The fraction of sp³-hybridized carbons (Fsp3) is 0.444. The van der Waals surface area contributed by atoms with E-state index >= 15 is 0 Å². The molecule has 0 aliphatic rings. The van der Waals surface area contributed by atoms with Crippen LogP contribution in [0.25, 0.3) is 11.3 Å². The van der Waals surface area contributed by atoms with Crippen molar-refractivity contribution in [2.75, 3.05) is 6.54 Å². The van der Waals surface area contributed by atoms with Crippen LogP contribution in [0.4, 0.5) is 0 Å². The third-order valence-corrected chi connectivity index (χ3v) is 3.79. The summed E-state index contributed by atoms with van der Waals surface area (Å²) in [6.07, 6.45) is 0. The molecule has 0 saturated carbocycles. The van der Waals surface area contributed by atoms with E-state index in [4.69, 9.17) is 0 Å². The van der Waals surface area contributed by atoms with Gasteiger partial charge < -0.3 is 5.32 Å². The summed E-state index contributed by atoms with van der Waals surface area (Å²) in [5.41, 5.74) is 3.96. The number of hydrogen-bond donors (Lipinski definition) is 1. The number of nitrogens with one attached hydrogen (secondary N) is 1. The van der Waals surface area contributed by atoms with Crippen LogP contribution in [0, 0.1) is 0 Å². The van der Waals surface area contributed by atoms with Gasteiger partial charge in [0.2, 0.25) is 0 Å². The smallest absolute Gasteiger partial charge is 0.271 e. The SMILES string of the molecule is CCNCc1cc(-c2ccc(C(C)C)cc2)nn(CC)c1=O. The second kappa shape index (κ2) is 7.36. The molecule has 4 nitrogen and oxygen atoms in total. The molecule has 0 amide bonds. The molecule has 4 heteroatoms. The summed E-state index contributed by atoms with van der Waals surface area (Å²) < 4.78 is 1.54. The Bertz CT molecular complexity index is 672. The van der Waals surface area contributed by atoms with Gasteiger partial charge in [-0.05, 0) is 31.0 Å². The quantitative estimate of drug-likeness (QED) is 0.891. The minimum Gasteiger partial charge on any atom is -0.313 e. The van der Waals surface area contributed by atoms with E-state index in [-0.39, 0.29) is 5.56 Å². The number of rotatable bonds is 6. The van der Waals surface area contributed by atoms with Gasteiger partial charge in [-0.2, -0.15) is 5.10 Å². The summed E-state index contributed by atoms with van der Waals surface area (Å²) in [7, 11) is 0. The monoisotopic (exact) mass is 299 g/mol. The maximum atomic E-state index is 12.3. The maximum Gasteiger partial charge on any atom is 0.271 e. The largest absolute Gasteiger partial charge is 0.313 e. The summed E-state index contributed by atoms with van der Waals surface area (Å²) >= 11 is 0. The van der Waals surface area contributed by atoms with Crippen LogP contribution in [0.5, 0.6) is 0 Å². The van der Waals surface area contributed by atoms with E-state index in [1.807, 2.05) is 19.9 Å². The molecule has 0 bridgehead atoms. The van der Waals surface area contributed by atoms with Crippen LogP contribution >= 0.6 is 0 Å². The molecule has 1 aromatic heterocycles. The standard InChI is InChI=1S/C18H25N3O/c1-5-19-12-16-11-17(20-21(6-2)18(16)22)15-9-7-14(8-10-15)13(3)4/h7-11,13,19H,5-6,12H2,1-4H3. The summed E-state index contributed by atoms with van der Waals surface area (Å²) in [5, 5.41) is 7.70. The summed E-state index contributed by atoms with van der Waals surface area (Å²) in [6.45, 7) is 10.3. The average molecular weight is 299 g/mol. The van der Waals surface area contributed by atoms with Crippen molar-refractivity contribution in [1.29, 1.82) is 0 Å². The Kier molecular flexibility index (Phi) is 5.50. The van der Waals surface area contributed by atoms with Gasteiger partial charge in [-0.1, -0.05) is 45.0 Å². The second-order valence-corrected chi connectivity index (χ2v) is 5.73. The zero-order valence-electron chi connectivity index (χ0n) is 13.9. The van der Waals surface area contributed by atoms with Crippen LogP contribution in [0.1, 0.15) is 44.7 Å². The molecule has 1 aromatic carbocycles. The lowest BCUT2D eigenvalue weighted by atomic mass is 10.0. The molecule has 2 rings (SSSR count). The third-order valence-electron chi connectivity index (χ3n) is 3.79. The van der Waals surface area contributed by atoms with E-state index in [1.165, 1.54) is 5.56 Å². The van der Waals surface area contributed by atoms with E-state index in [0.717, 1.165) is 23.4 Å². The molecule has 1 N–H and O–H groups in total. The Balaban J connectivity index is 2.43. The Hall–Kier alpha value is -1.94. The summed E-state index contributed by atoms with van der Waals surface area (Å²) in [5.74, 6) is 0.510. The minimum absolute atomic E-state index is 0.00833. The van der Waals surface area contributed by atoms with Gasteiger partial charge in [-0.3, -0.25) is 4.79 Å². The van der Waals surface area contributed by atoms with Crippen LogP contribution in [0.3, 0.4) is 0 Å². The molecule has 0 aliphatic carbocycles. The number of benzene rings is 1. The Morgan fingerprint density at radius 3 is 2.41 bits per heavy atom. The topological polar surface area (TPSA) is 46.9 Å². The second-order valence-electron chi connectivity index (χ2n) is 5.73. The fourth-order valence-corrected chi connectivity index (χ4v) is 2.38. The van der Waals surface area contributed by atoms with Crippen LogP contribution < -0.4 is 10.9 Å². The first-order chi connectivity index (χ1) is 10.6. The van der Waals surface area contributed by atoms with Crippen molar-refractivity contribution in [1.82, 2.24) is 15.1 Å². The molecule has 0 unspecified atom stereocenters. The predicted octanol–water partition coefficient (Wildman–Crippen LogP) is 3.16. The number of aromatic nitrogens is 2. The Labute approximate surface area is 132 Å². The Morgan fingerprint density at radius 1 is 1.18 bits per heavy atom. The van der Waals surface area contributed by atoms with Gasteiger partial charge in [0.1, 0.15) is 0 Å². The molecule has 0 atom stereocenters. The van der Waals surface area contributed by atoms with Gasteiger partial charge in [-0.15, -0.1) is 0 Å². The molecule has 0 saturated heterocycles. The lowest BCUT2D eigenvalue weighted by Crippen LogP contribution is -2.29. The maximum absolute atomic E-state index is 12.3.